The average molecular weight is 1130 g/mol. The summed E-state index contributed by atoms with van der Waals surface area (Å²) in [5.41, 5.74) is 0. The summed E-state index contributed by atoms with van der Waals surface area (Å²) in [6, 6.07) is 0. The number of unbranched alkanes of at least 4 members (excludes halogenated alkanes) is 36. The Morgan fingerprint density at radius 2 is 0.481 bits per heavy atom. The molecule has 0 amide bonds. The van der Waals surface area contributed by atoms with E-state index in [4.69, 9.17) is 14.2 Å². The molecule has 0 aromatic rings. The topological polar surface area (TPSA) is 78.9 Å². The van der Waals surface area contributed by atoms with E-state index in [0.717, 1.165) is 109 Å². The highest BCUT2D eigenvalue weighted by Crippen LogP contribution is 2.17. The van der Waals surface area contributed by atoms with E-state index >= 15 is 0 Å². The predicted molar refractivity (Wildman–Crippen MR) is 353 cm³/mol. The molecule has 0 aromatic carbocycles. The van der Waals surface area contributed by atoms with Crippen molar-refractivity contribution in [2.24, 2.45) is 0 Å². The number of hydrogen-bond donors (Lipinski definition) is 0. The number of rotatable bonds is 63. The van der Waals surface area contributed by atoms with Gasteiger partial charge in [-0.05, 0) is 116 Å². The summed E-state index contributed by atoms with van der Waals surface area (Å²) in [6.07, 6.45) is 93.1. The molecule has 0 heterocycles. The minimum absolute atomic E-state index is 0.0930. The highest BCUT2D eigenvalue weighted by molar-refractivity contribution is 5.71. The molecule has 6 nitrogen and oxygen atoms in total. The number of hydrogen-bond acceptors (Lipinski definition) is 6. The third kappa shape index (κ3) is 67.0. The Hall–Kier alpha value is -3.67. The van der Waals surface area contributed by atoms with Crippen LogP contribution < -0.4 is 0 Å². The Morgan fingerprint density at radius 1 is 0.259 bits per heavy atom. The molecule has 0 fully saturated rings. The number of carbonyl (C=O) groups excluding carboxylic acids is 3. The van der Waals surface area contributed by atoms with E-state index in [0.29, 0.717) is 19.3 Å². The highest BCUT2D eigenvalue weighted by atomic mass is 16.6. The average Bonchev–Trinajstić information content (AvgIpc) is 3.47. The van der Waals surface area contributed by atoms with E-state index in [2.05, 4.69) is 118 Å². The molecule has 0 bridgehead atoms. The van der Waals surface area contributed by atoms with Gasteiger partial charge in [0.05, 0.1) is 0 Å². The van der Waals surface area contributed by atoms with Gasteiger partial charge in [0.25, 0.3) is 0 Å². The second-order valence-electron chi connectivity index (χ2n) is 23.0. The van der Waals surface area contributed by atoms with Crippen molar-refractivity contribution >= 4 is 17.9 Å². The van der Waals surface area contributed by atoms with E-state index in [-0.39, 0.29) is 31.1 Å². The second-order valence-corrected chi connectivity index (χ2v) is 23.0. The predicted octanol–water partition coefficient (Wildman–Crippen LogP) is 24.0. The molecule has 0 saturated heterocycles. The van der Waals surface area contributed by atoms with Crippen molar-refractivity contribution in [2.75, 3.05) is 13.2 Å². The van der Waals surface area contributed by atoms with Crippen molar-refractivity contribution in [3.8, 4) is 0 Å². The van der Waals surface area contributed by atoms with Crippen LogP contribution in [0, 0.1) is 0 Å². The Morgan fingerprint density at radius 3 is 0.790 bits per heavy atom. The normalized spacial score (nSPS) is 12.7. The molecule has 0 radical (unpaired) electrons. The number of carbonyl (C=O) groups is 3. The fourth-order valence-corrected chi connectivity index (χ4v) is 9.92. The van der Waals surface area contributed by atoms with Crippen LogP contribution in [0.5, 0.6) is 0 Å². The third-order valence-electron chi connectivity index (χ3n) is 15.1. The Kier molecular flexibility index (Phi) is 65.7. The van der Waals surface area contributed by atoms with Crippen LogP contribution in [0.25, 0.3) is 0 Å². The van der Waals surface area contributed by atoms with Crippen LogP contribution in [0.1, 0.15) is 342 Å². The molecule has 1 atom stereocenters. The molecule has 0 N–H and O–H groups in total. The lowest BCUT2D eigenvalue weighted by molar-refractivity contribution is -0.167. The fraction of sp³-hybridized carbons (Fsp3) is 0.747. The summed E-state index contributed by atoms with van der Waals surface area (Å²) in [6.45, 7) is 6.41. The maximum absolute atomic E-state index is 12.9. The summed E-state index contributed by atoms with van der Waals surface area (Å²) in [5, 5.41) is 0. The lowest BCUT2D eigenvalue weighted by Crippen LogP contribution is -2.30. The molecular formula is C75H130O6. The van der Waals surface area contributed by atoms with Gasteiger partial charge in [-0.3, -0.25) is 14.4 Å². The Balaban J connectivity index is 4.23. The Labute approximate surface area is 502 Å². The lowest BCUT2D eigenvalue weighted by Gasteiger charge is -2.18. The summed E-state index contributed by atoms with van der Waals surface area (Å²) in [7, 11) is 0. The van der Waals surface area contributed by atoms with Gasteiger partial charge in [0.15, 0.2) is 6.10 Å². The molecule has 0 aromatic heterocycles. The SMILES string of the molecule is CC/C=C\C/C=C\C/C=C\C/C=C\CCCCC(=O)OCC(COC(=O)CCCCCCCCCCCCCCCCCCCCC/C=C\CCCCCCCCCC)OC(=O)CCCCCCCCC/C=C\C/C=C\C/C=C\CC. The van der Waals surface area contributed by atoms with Crippen LogP contribution in [0.3, 0.4) is 0 Å². The van der Waals surface area contributed by atoms with E-state index < -0.39 is 6.10 Å². The number of allylic oxidation sites excluding steroid dienone is 16. The van der Waals surface area contributed by atoms with Crippen molar-refractivity contribution < 1.29 is 28.6 Å². The van der Waals surface area contributed by atoms with Crippen molar-refractivity contribution in [3.05, 3.63) is 97.2 Å². The molecule has 1 unspecified atom stereocenters. The third-order valence-corrected chi connectivity index (χ3v) is 15.1. The van der Waals surface area contributed by atoms with E-state index in [1.165, 1.54) is 193 Å². The lowest BCUT2D eigenvalue weighted by atomic mass is 10.0. The van der Waals surface area contributed by atoms with Crippen LogP contribution in [-0.4, -0.2) is 37.2 Å². The maximum atomic E-state index is 12.9. The van der Waals surface area contributed by atoms with Gasteiger partial charge in [-0.1, -0.05) is 304 Å². The molecule has 81 heavy (non-hydrogen) atoms. The van der Waals surface area contributed by atoms with Crippen molar-refractivity contribution in [1.82, 2.24) is 0 Å². The number of ether oxygens (including phenoxy) is 3. The van der Waals surface area contributed by atoms with Gasteiger partial charge in [-0.2, -0.15) is 0 Å². The van der Waals surface area contributed by atoms with Gasteiger partial charge in [-0.15, -0.1) is 0 Å². The number of esters is 3. The van der Waals surface area contributed by atoms with Crippen molar-refractivity contribution in [2.45, 2.75) is 348 Å². The van der Waals surface area contributed by atoms with E-state index in [1.807, 2.05) is 0 Å². The first-order valence-corrected chi connectivity index (χ1v) is 34.7. The summed E-state index contributed by atoms with van der Waals surface area (Å²) >= 11 is 0. The fourth-order valence-electron chi connectivity index (χ4n) is 9.92. The molecule has 0 aliphatic carbocycles. The van der Waals surface area contributed by atoms with Gasteiger partial charge in [0.2, 0.25) is 0 Å². The highest BCUT2D eigenvalue weighted by Gasteiger charge is 2.19. The quantitative estimate of drug-likeness (QED) is 0.0261. The first-order valence-electron chi connectivity index (χ1n) is 34.7. The Bertz CT molecular complexity index is 1580. The van der Waals surface area contributed by atoms with Gasteiger partial charge in [-0.25, -0.2) is 0 Å². The molecule has 0 aliphatic rings. The van der Waals surface area contributed by atoms with Crippen LogP contribution in [0.4, 0.5) is 0 Å². The zero-order chi connectivity index (χ0) is 58.5. The zero-order valence-electron chi connectivity index (χ0n) is 53.5. The van der Waals surface area contributed by atoms with Crippen LogP contribution in [0.15, 0.2) is 97.2 Å². The standard InChI is InChI=1S/C75H130O6/c1-4-7-10-13-16-19-22-25-28-30-31-32-33-34-35-36-37-38-39-40-41-42-43-45-47-50-53-56-59-62-65-68-74(77)80-71-72(70-79-73(76)67-64-61-58-55-52-49-46-27-24-21-18-15-12-9-6-3)81-75(78)69-66-63-60-57-54-51-48-44-29-26-23-20-17-14-11-8-5-2/h8-9,11-12,17-18,20-21,26-27,29-31,46,52,55,72H,4-7,10,13-16,19,22-25,28,32-45,47-51,53-54,56-71H2,1-3H3/b11-8-,12-9-,20-17-,21-18-,29-26-,31-30-,46-27-,55-52-. The summed E-state index contributed by atoms with van der Waals surface area (Å²) in [4.78, 5) is 38.4. The van der Waals surface area contributed by atoms with Crippen molar-refractivity contribution in [1.29, 1.82) is 0 Å². The first-order chi connectivity index (χ1) is 40.0. The van der Waals surface area contributed by atoms with Gasteiger partial charge >= 0.3 is 17.9 Å². The summed E-state index contributed by atoms with van der Waals surface area (Å²) < 4.78 is 16.9. The smallest absolute Gasteiger partial charge is 0.306 e. The first kappa shape index (κ1) is 77.3. The van der Waals surface area contributed by atoms with Crippen LogP contribution in [0.2, 0.25) is 0 Å². The zero-order valence-corrected chi connectivity index (χ0v) is 53.5. The van der Waals surface area contributed by atoms with Crippen LogP contribution >= 0.6 is 0 Å². The molecule has 0 spiro atoms. The second kappa shape index (κ2) is 68.8. The molecule has 0 aliphatic heterocycles. The molecule has 6 heteroatoms. The minimum Gasteiger partial charge on any atom is -0.462 e. The minimum atomic E-state index is -0.801. The van der Waals surface area contributed by atoms with Crippen molar-refractivity contribution in [3.63, 3.8) is 0 Å². The van der Waals surface area contributed by atoms with Gasteiger partial charge in [0.1, 0.15) is 13.2 Å². The van der Waals surface area contributed by atoms with Gasteiger partial charge in [0, 0.05) is 19.3 Å². The largest absolute Gasteiger partial charge is 0.462 e. The maximum Gasteiger partial charge on any atom is 0.306 e. The van der Waals surface area contributed by atoms with E-state index in [9.17, 15) is 14.4 Å². The van der Waals surface area contributed by atoms with Gasteiger partial charge < -0.3 is 14.2 Å². The molecular weight excluding hydrogens is 997 g/mol. The molecule has 0 saturated carbocycles. The molecule has 0 rings (SSSR count). The van der Waals surface area contributed by atoms with Crippen LogP contribution in [-0.2, 0) is 28.6 Å². The van der Waals surface area contributed by atoms with E-state index in [1.54, 1.807) is 0 Å². The summed E-state index contributed by atoms with van der Waals surface area (Å²) in [5.74, 6) is -0.934. The molecule has 466 valence electrons. The monoisotopic (exact) mass is 1130 g/mol.